The third kappa shape index (κ3) is 4.61. The number of hydrogen-bond acceptors (Lipinski definition) is 5. The highest BCUT2D eigenvalue weighted by molar-refractivity contribution is 8.00. The first kappa shape index (κ1) is 20.1. The Balaban J connectivity index is 1.70. The fraction of sp³-hybridized carbons (Fsp3) is 0.200. The minimum absolute atomic E-state index is 0.0488. The molecule has 0 saturated heterocycles. The van der Waals surface area contributed by atoms with Gasteiger partial charge in [0, 0.05) is 28.9 Å². The van der Waals surface area contributed by atoms with Crippen LogP contribution in [0.3, 0.4) is 0 Å². The molecular weight excluding hydrogens is 396 g/mol. The van der Waals surface area contributed by atoms with Gasteiger partial charge in [-0.1, -0.05) is 35.5 Å². The molecule has 1 aromatic heterocycles. The normalized spacial score (nSPS) is 11.9. The van der Waals surface area contributed by atoms with Crippen molar-refractivity contribution in [2.24, 2.45) is 7.05 Å². The van der Waals surface area contributed by atoms with E-state index in [0.29, 0.717) is 27.3 Å². The molecule has 0 bridgehead atoms. The fourth-order valence-electron chi connectivity index (χ4n) is 2.54. The molecule has 8 heteroatoms. The summed E-state index contributed by atoms with van der Waals surface area (Å²) in [5.74, 6) is 0.468. The van der Waals surface area contributed by atoms with Crippen LogP contribution in [0.2, 0.25) is 5.02 Å². The van der Waals surface area contributed by atoms with Gasteiger partial charge < -0.3 is 9.88 Å². The maximum Gasteiger partial charge on any atom is 0.237 e. The maximum atomic E-state index is 12.5. The van der Waals surface area contributed by atoms with Gasteiger partial charge in [-0.25, -0.2) is 0 Å². The molecule has 2 aromatic carbocycles. The molecule has 28 heavy (non-hydrogen) atoms. The largest absolute Gasteiger partial charge is 0.325 e. The van der Waals surface area contributed by atoms with Crippen LogP contribution in [-0.2, 0) is 11.8 Å². The minimum atomic E-state index is -0.401. The number of carbonyl (C=O) groups excluding carboxylic acids is 2. The number of halogens is 1. The minimum Gasteiger partial charge on any atom is -0.325 e. The highest BCUT2D eigenvalue weighted by Crippen LogP contribution is 2.27. The number of carbonyl (C=O) groups is 2. The fourth-order valence-corrected chi connectivity index (χ4v) is 3.48. The van der Waals surface area contributed by atoms with E-state index in [-0.39, 0.29) is 11.7 Å². The lowest BCUT2D eigenvalue weighted by molar-refractivity contribution is -0.115. The maximum absolute atomic E-state index is 12.5. The molecule has 0 spiro atoms. The molecule has 0 fully saturated rings. The van der Waals surface area contributed by atoms with Crippen molar-refractivity contribution in [3.05, 3.63) is 59.1 Å². The number of nitrogens with one attached hydrogen (secondary N) is 1. The van der Waals surface area contributed by atoms with E-state index in [1.807, 2.05) is 23.7 Å². The lowest BCUT2D eigenvalue weighted by Crippen LogP contribution is -2.23. The molecule has 1 N–H and O–H groups in total. The van der Waals surface area contributed by atoms with Crippen LogP contribution in [0, 0.1) is 0 Å². The summed E-state index contributed by atoms with van der Waals surface area (Å²) in [5, 5.41) is 12.1. The second kappa shape index (κ2) is 8.58. The first-order valence-corrected chi connectivity index (χ1v) is 9.85. The van der Waals surface area contributed by atoms with E-state index in [9.17, 15) is 9.59 Å². The molecule has 0 radical (unpaired) electrons. The lowest BCUT2D eigenvalue weighted by atomic mass is 10.1. The number of Topliss-reactive ketones (excluding diaryl/α,β-unsaturated/α-hetero) is 1. The van der Waals surface area contributed by atoms with Crippen LogP contribution in [-0.4, -0.2) is 31.7 Å². The average Bonchev–Trinajstić information content (AvgIpc) is 3.03. The Morgan fingerprint density at radius 1 is 1.14 bits per heavy atom. The molecule has 144 valence electrons. The standard InChI is InChI=1S/C20H19ClN4O2S/c1-12(26)15-5-4-6-17(11-15)22-19(27)13(2)28-20-24-23-18(25(20)3)14-7-9-16(21)10-8-14/h4-11,13H,1-3H3,(H,22,27). The molecule has 0 aliphatic rings. The SMILES string of the molecule is CC(=O)c1cccc(NC(=O)C(C)Sc2nnc(-c3ccc(Cl)cc3)n2C)c1. The molecular formula is C20H19ClN4O2S. The van der Waals surface area contributed by atoms with Crippen molar-refractivity contribution < 1.29 is 9.59 Å². The van der Waals surface area contributed by atoms with Gasteiger partial charge in [-0.05, 0) is 50.2 Å². The molecule has 0 saturated carbocycles. The zero-order valence-electron chi connectivity index (χ0n) is 15.6. The van der Waals surface area contributed by atoms with E-state index in [4.69, 9.17) is 11.6 Å². The summed E-state index contributed by atoms with van der Waals surface area (Å²) in [7, 11) is 1.85. The van der Waals surface area contributed by atoms with Crippen molar-refractivity contribution in [3.8, 4) is 11.4 Å². The summed E-state index contributed by atoms with van der Waals surface area (Å²) in [6, 6.07) is 14.2. The van der Waals surface area contributed by atoms with Gasteiger partial charge >= 0.3 is 0 Å². The van der Waals surface area contributed by atoms with Crippen LogP contribution >= 0.6 is 23.4 Å². The Morgan fingerprint density at radius 2 is 1.86 bits per heavy atom. The Hall–Kier alpha value is -2.64. The van der Waals surface area contributed by atoms with Crippen molar-refractivity contribution in [2.75, 3.05) is 5.32 Å². The van der Waals surface area contributed by atoms with Crippen LogP contribution in [0.1, 0.15) is 24.2 Å². The molecule has 3 aromatic rings. The van der Waals surface area contributed by atoms with Crippen LogP contribution in [0.5, 0.6) is 0 Å². The van der Waals surface area contributed by atoms with Gasteiger partial charge in [0.1, 0.15) is 0 Å². The predicted octanol–water partition coefficient (Wildman–Crippen LogP) is 4.46. The van der Waals surface area contributed by atoms with E-state index in [2.05, 4.69) is 15.5 Å². The summed E-state index contributed by atoms with van der Waals surface area (Å²) in [4.78, 5) is 24.0. The van der Waals surface area contributed by atoms with Gasteiger partial charge in [0.25, 0.3) is 0 Å². The second-order valence-corrected chi connectivity index (χ2v) is 8.00. The number of nitrogens with zero attached hydrogens (tertiary/aromatic N) is 3. The van der Waals surface area contributed by atoms with E-state index in [1.165, 1.54) is 18.7 Å². The second-order valence-electron chi connectivity index (χ2n) is 6.26. The number of benzene rings is 2. The zero-order chi connectivity index (χ0) is 20.3. The average molecular weight is 415 g/mol. The number of aromatic nitrogens is 3. The van der Waals surface area contributed by atoms with Crippen LogP contribution in [0.25, 0.3) is 11.4 Å². The van der Waals surface area contributed by atoms with Gasteiger partial charge in [-0.15, -0.1) is 10.2 Å². The lowest BCUT2D eigenvalue weighted by Gasteiger charge is -2.12. The number of rotatable bonds is 6. The Bertz CT molecular complexity index is 1020. The summed E-state index contributed by atoms with van der Waals surface area (Å²) >= 11 is 7.24. The van der Waals surface area contributed by atoms with E-state index in [0.717, 1.165) is 5.56 Å². The summed E-state index contributed by atoms with van der Waals surface area (Å²) in [6.07, 6.45) is 0. The zero-order valence-corrected chi connectivity index (χ0v) is 17.2. The quantitative estimate of drug-likeness (QED) is 0.476. The van der Waals surface area contributed by atoms with E-state index in [1.54, 1.807) is 43.3 Å². The molecule has 0 aliphatic carbocycles. The van der Waals surface area contributed by atoms with E-state index >= 15 is 0 Å². The van der Waals surface area contributed by atoms with Crippen LogP contribution in [0.15, 0.2) is 53.7 Å². The Kier molecular flexibility index (Phi) is 6.16. The third-order valence-corrected chi connectivity index (χ3v) is 5.51. The number of thioether (sulfide) groups is 1. The van der Waals surface area contributed by atoms with E-state index < -0.39 is 5.25 Å². The van der Waals surface area contributed by atoms with Gasteiger partial charge in [0.15, 0.2) is 16.8 Å². The van der Waals surface area contributed by atoms with Crippen molar-refractivity contribution >= 4 is 40.7 Å². The summed E-state index contributed by atoms with van der Waals surface area (Å²) in [6.45, 7) is 3.29. The highest BCUT2D eigenvalue weighted by atomic mass is 35.5. The smallest absolute Gasteiger partial charge is 0.237 e. The van der Waals surface area contributed by atoms with Crippen LogP contribution < -0.4 is 5.32 Å². The van der Waals surface area contributed by atoms with Crippen molar-refractivity contribution in [3.63, 3.8) is 0 Å². The van der Waals surface area contributed by atoms with Crippen molar-refractivity contribution in [1.82, 2.24) is 14.8 Å². The van der Waals surface area contributed by atoms with Crippen LogP contribution in [0.4, 0.5) is 5.69 Å². The number of ketones is 1. The predicted molar refractivity (Wildman–Crippen MR) is 112 cm³/mol. The number of anilines is 1. The number of amides is 1. The molecule has 1 atom stereocenters. The number of hydrogen-bond donors (Lipinski definition) is 1. The van der Waals surface area contributed by atoms with Gasteiger partial charge in [0.2, 0.25) is 5.91 Å². The first-order valence-electron chi connectivity index (χ1n) is 8.59. The first-order chi connectivity index (χ1) is 13.3. The third-order valence-electron chi connectivity index (χ3n) is 4.13. The molecule has 1 heterocycles. The summed E-state index contributed by atoms with van der Waals surface area (Å²) in [5.41, 5.74) is 2.04. The van der Waals surface area contributed by atoms with Crippen molar-refractivity contribution in [1.29, 1.82) is 0 Å². The molecule has 3 rings (SSSR count). The summed E-state index contributed by atoms with van der Waals surface area (Å²) < 4.78 is 1.84. The van der Waals surface area contributed by atoms with Gasteiger partial charge in [0.05, 0.1) is 5.25 Å². The topological polar surface area (TPSA) is 76.9 Å². The van der Waals surface area contributed by atoms with Crippen molar-refractivity contribution in [2.45, 2.75) is 24.3 Å². The molecule has 1 unspecified atom stereocenters. The molecule has 0 aliphatic heterocycles. The molecule has 6 nitrogen and oxygen atoms in total. The van der Waals surface area contributed by atoms with Gasteiger partial charge in [-0.2, -0.15) is 0 Å². The Labute approximate surface area is 172 Å². The highest BCUT2D eigenvalue weighted by Gasteiger charge is 2.19. The molecule has 1 amide bonds. The van der Waals surface area contributed by atoms with Gasteiger partial charge in [-0.3, -0.25) is 9.59 Å². The Morgan fingerprint density at radius 3 is 2.54 bits per heavy atom. The monoisotopic (exact) mass is 414 g/mol.